The van der Waals surface area contributed by atoms with Crippen LogP contribution in [0.25, 0.3) is 0 Å². The normalized spacial score (nSPS) is 11.4. The maximum atomic E-state index is 11.8. The fourth-order valence-corrected chi connectivity index (χ4v) is 2.32. The Labute approximate surface area is 101 Å². The van der Waals surface area contributed by atoms with Gasteiger partial charge in [-0.15, -0.1) is 0 Å². The van der Waals surface area contributed by atoms with Crippen molar-refractivity contribution in [3.8, 4) is 0 Å². The lowest BCUT2D eigenvalue weighted by Crippen LogP contribution is -2.19. The molecule has 0 unspecified atom stereocenters. The summed E-state index contributed by atoms with van der Waals surface area (Å²) in [7, 11) is -3.21. The van der Waals surface area contributed by atoms with Gasteiger partial charge in [-0.3, -0.25) is 0 Å². The van der Waals surface area contributed by atoms with Crippen molar-refractivity contribution in [2.24, 2.45) is 5.73 Å². The number of rotatable bonds is 3. The van der Waals surface area contributed by atoms with E-state index in [1.54, 1.807) is 26.0 Å². The number of anilines is 1. The van der Waals surface area contributed by atoms with E-state index in [1.807, 2.05) is 0 Å². The first kappa shape index (κ1) is 12.9. The van der Waals surface area contributed by atoms with Gasteiger partial charge in [0.1, 0.15) is 0 Å². The number of sulfone groups is 1. The van der Waals surface area contributed by atoms with Crippen molar-refractivity contribution in [1.29, 1.82) is 0 Å². The van der Waals surface area contributed by atoms with Gasteiger partial charge in [0, 0.05) is 5.69 Å². The van der Waals surface area contributed by atoms with Gasteiger partial charge in [-0.2, -0.15) is 0 Å². The van der Waals surface area contributed by atoms with E-state index in [0.29, 0.717) is 10.6 Å². The summed E-state index contributed by atoms with van der Waals surface area (Å²) in [6, 6.07) is 6.34. The van der Waals surface area contributed by atoms with E-state index in [4.69, 9.17) is 5.73 Å². The number of hydrogen-bond donors (Lipinski definition) is 2. The summed E-state index contributed by atoms with van der Waals surface area (Å²) in [5.74, 6) is 0. The van der Waals surface area contributed by atoms with Crippen molar-refractivity contribution in [3.63, 3.8) is 0 Å². The molecule has 0 aliphatic heterocycles. The molecule has 1 aromatic carbocycles. The maximum absolute atomic E-state index is 11.8. The molecule has 0 aliphatic carbocycles. The van der Waals surface area contributed by atoms with E-state index in [2.05, 4.69) is 17.5 Å². The first-order valence-electron chi connectivity index (χ1n) is 4.74. The summed E-state index contributed by atoms with van der Waals surface area (Å²) in [5, 5.41) is 2.45. The number of nitrogens with two attached hydrogens (primary N) is 1. The third-order valence-corrected chi connectivity index (χ3v) is 4.34. The van der Waals surface area contributed by atoms with Crippen molar-refractivity contribution < 1.29 is 8.42 Å². The highest BCUT2D eigenvalue weighted by atomic mass is 32.2. The summed E-state index contributed by atoms with van der Waals surface area (Å²) in [5.41, 5.74) is 5.97. The Morgan fingerprint density at radius 3 is 2.19 bits per heavy atom. The van der Waals surface area contributed by atoms with Crippen LogP contribution in [0.15, 0.2) is 29.2 Å². The fraction of sp³-hybridized carbons (Fsp3) is 0.300. The van der Waals surface area contributed by atoms with Crippen molar-refractivity contribution in [2.75, 3.05) is 5.32 Å². The lowest BCUT2D eigenvalue weighted by molar-refractivity contribution is 0.587. The minimum absolute atomic E-state index is 0.152. The molecule has 4 nitrogen and oxygen atoms in total. The number of nitrogens with one attached hydrogen (secondary N) is 1. The quantitative estimate of drug-likeness (QED) is 0.804. The molecular weight excluding hydrogens is 244 g/mol. The molecule has 0 aromatic heterocycles. The highest BCUT2D eigenvalue weighted by Gasteiger charge is 2.18. The predicted octanol–water partition coefficient (Wildman–Crippen LogP) is 1.52. The van der Waals surface area contributed by atoms with Crippen LogP contribution in [0.1, 0.15) is 13.8 Å². The SMILES string of the molecule is CC(C)S(=O)(=O)c1ccc(NC(N)=S)cc1. The van der Waals surface area contributed by atoms with Crippen LogP contribution < -0.4 is 11.1 Å². The Kier molecular flexibility index (Phi) is 3.88. The molecular formula is C10H14N2O2S2. The lowest BCUT2D eigenvalue weighted by atomic mass is 10.3. The molecule has 6 heteroatoms. The molecule has 3 N–H and O–H groups in total. The predicted molar refractivity (Wildman–Crippen MR) is 69.2 cm³/mol. The third-order valence-electron chi connectivity index (χ3n) is 2.07. The van der Waals surface area contributed by atoms with Crippen molar-refractivity contribution in [1.82, 2.24) is 0 Å². The van der Waals surface area contributed by atoms with Crippen LogP contribution in [-0.2, 0) is 9.84 Å². The summed E-state index contributed by atoms with van der Waals surface area (Å²) >= 11 is 4.67. The van der Waals surface area contributed by atoms with Crippen LogP contribution in [0.4, 0.5) is 5.69 Å². The summed E-state index contributed by atoms with van der Waals surface area (Å²) in [6.07, 6.45) is 0. The second-order valence-electron chi connectivity index (χ2n) is 3.61. The molecule has 16 heavy (non-hydrogen) atoms. The average molecular weight is 258 g/mol. The van der Waals surface area contributed by atoms with E-state index in [1.165, 1.54) is 12.1 Å². The molecule has 0 aliphatic rings. The first-order valence-corrected chi connectivity index (χ1v) is 6.70. The summed E-state index contributed by atoms with van der Waals surface area (Å²) < 4.78 is 23.6. The fourth-order valence-electron chi connectivity index (χ4n) is 1.14. The van der Waals surface area contributed by atoms with Crippen molar-refractivity contribution in [2.45, 2.75) is 24.0 Å². The van der Waals surface area contributed by atoms with Gasteiger partial charge in [0.25, 0.3) is 0 Å². The van der Waals surface area contributed by atoms with Crippen molar-refractivity contribution >= 4 is 32.9 Å². The van der Waals surface area contributed by atoms with E-state index < -0.39 is 15.1 Å². The van der Waals surface area contributed by atoms with Gasteiger partial charge >= 0.3 is 0 Å². The van der Waals surface area contributed by atoms with Crippen LogP contribution in [0.5, 0.6) is 0 Å². The van der Waals surface area contributed by atoms with E-state index in [0.717, 1.165) is 0 Å². The van der Waals surface area contributed by atoms with Crippen LogP contribution in [0, 0.1) is 0 Å². The van der Waals surface area contributed by atoms with Crippen LogP contribution in [-0.4, -0.2) is 18.8 Å². The Bertz CT molecular complexity index is 478. The Hall–Kier alpha value is -1.14. The van der Waals surface area contributed by atoms with E-state index >= 15 is 0 Å². The zero-order chi connectivity index (χ0) is 12.3. The molecule has 0 atom stereocenters. The largest absolute Gasteiger partial charge is 0.376 e. The Morgan fingerprint density at radius 2 is 1.81 bits per heavy atom. The molecule has 1 aromatic rings. The number of hydrogen-bond acceptors (Lipinski definition) is 3. The van der Waals surface area contributed by atoms with Gasteiger partial charge < -0.3 is 11.1 Å². The number of thiocarbonyl (C=S) groups is 1. The standard InChI is InChI=1S/C10H14N2O2S2/c1-7(2)16(13,14)9-5-3-8(4-6-9)12-10(11)15/h3-7H,1-2H3,(H3,11,12,15). The van der Waals surface area contributed by atoms with Crippen LogP contribution in [0.3, 0.4) is 0 Å². The molecule has 0 amide bonds. The minimum atomic E-state index is -3.21. The minimum Gasteiger partial charge on any atom is -0.376 e. The topological polar surface area (TPSA) is 72.2 Å². The van der Waals surface area contributed by atoms with Gasteiger partial charge in [-0.25, -0.2) is 8.42 Å². The Morgan fingerprint density at radius 1 is 1.31 bits per heavy atom. The third kappa shape index (κ3) is 2.93. The van der Waals surface area contributed by atoms with Gasteiger partial charge in [-0.1, -0.05) is 0 Å². The molecule has 0 radical (unpaired) electrons. The van der Waals surface area contributed by atoms with Gasteiger partial charge in [0.15, 0.2) is 14.9 Å². The average Bonchev–Trinajstić information content (AvgIpc) is 2.17. The van der Waals surface area contributed by atoms with Crippen LogP contribution >= 0.6 is 12.2 Å². The molecule has 0 spiro atoms. The van der Waals surface area contributed by atoms with Gasteiger partial charge in [0.05, 0.1) is 10.1 Å². The lowest BCUT2D eigenvalue weighted by Gasteiger charge is -2.09. The van der Waals surface area contributed by atoms with Gasteiger partial charge in [-0.05, 0) is 50.3 Å². The first-order chi connectivity index (χ1) is 7.34. The molecule has 0 heterocycles. The monoisotopic (exact) mass is 258 g/mol. The van der Waals surface area contributed by atoms with Gasteiger partial charge in [0.2, 0.25) is 0 Å². The maximum Gasteiger partial charge on any atom is 0.180 e. The zero-order valence-corrected chi connectivity index (χ0v) is 10.7. The second kappa shape index (κ2) is 4.80. The Balaban J connectivity index is 3.00. The van der Waals surface area contributed by atoms with Crippen molar-refractivity contribution in [3.05, 3.63) is 24.3 Å². The molecule has 1 rings (SSSR count). The smallest absolute Gasteiger partial charge is 0.180 e. The molecule has 88 valence electrons. The summed E-state index contributed by atoms with van der Waals surface area (Å²) in [6.45, 7) is 3.30. The molecule has 0 saturated carbocycles. The number of benzene rings is 1. The van der Waals surface area contributed by atoms with E-state index in [9.17, 15) is 8.42 Å². The highest BCUT2D eigenvalue weighted by molar-refractivity contribution is 7.92. The van der Waals surface area contributed by atoms with E-state index in [-0.39, 0.29) is 5.11 Å². The summed E-state index contributed by atoms with van der Waals surface area (Å²) in [4.78, 5) is 0.302. The second-order valence-corrected chi connectivity index (χ2v) is 6.55. The van der Waals surface area contributed by atoms with Crippen LogP contribution in [0.2, 0.25) is 0 Å². The zero-order valence-electron chi connectivity index (χ0n) is 9.10. The molecule has 0 fully saturated rings. The molecule has 0 bridgehead atoms. The highest BCUT2D eigenvalue weighted by Crippen LogP contribution is 2.18. The molecule has 0 saturated heterocycles.